The molecule has 0 bridgehead atoms. The third-order valence-corrected chi connectivity index (χ3v) is 3.74. The predicted molar refractivity (Wildman–Crippen MR) is 74.0 cm³/mol. The predicted octanol–water partition coefficient (Wildman–Crippen LogP) is 1.07. The molecule has 2 rings (SSSR count). The van der Waals surface area contributed by atoms with Gasteiger partial charge >= 0.3 is 0 Å². The quantitative estimate of drug-likeness (QED) is 0.854. The zero-order chi connectivity index (χ0) is 14.0. The molecule has 1 atom stereocenters. The molecule has 0 saturated carbocycles. The number of rotatable bonds is 4. The molecule has 1 unspecified atom stereocenters. The molecule has 5 nitrogen and oxygen atoms in total. The van der Waals surface area contributed by atoms with Crippen molar-refractivity contribution in [2.24, 2.45) is 0 Å². The van der Waals surface area contributed by atoms with Gasteiger partial charge < -0.3 is 10.1 Å². The molecule has 1 aliphatic heterocycles. The van der Waals surface area contributed by atoms with Gasteiger partial charge in [0.25, 0.3) is 5.56 Å². The van der Waals surface area contributed by atoms with Crippen molar-refractivity contribution >= 4 is 0 Å². The van der Waals surface area contributed by atoms with E-state index in [1.807, 2.05) is 20.8 Å². The molecule has 0 aliphatic carbocycles. The van der Waals surface area contributed by atoms with Crippen molar-refractivity contribution in [2.45, 2.75) is 58.2 Å². The first kappa shape index (κ1) is 14.2. The lowest BCUT2D eigenvalue weighted by molar-refractivity contribution is -0.00578. The molecule has 1 fully saturated rings. The Morgan fingerprint density at radius 1 is 1.58 bits per heavy atom. The third kappa shape index (κ3) is 3.42. The van der Waals surface area contributed by atoms with Gasteiger partial charge in [0.15, 0.2) is 0 Å². The van der Waals surface area contributed by atoms with E-state index in [0.717, 1.165) is 31.5 Å². The summed E-state index contributed by atoms with van der Waals surface area (Å²) in [5.74, 6) is 0.695. The Balaban J connectivity index is 2.16. The summed E-state index contributed by atoms with van der Waals surface area (Å²) < 4.78 is 0. The van der Waals surface area contributed by atoms with Gasteiger partial charge in [-0.25, -0.2) is 4.98 Å². The Hall–Kier alpha value is -1.20. The van der Waals surface area contributed by atoms with Crippen LogP contribution in [0.15, 0.2) is 10.9 Å². The number of aromatic amines is 1. The van der Waals surface area contributed by atoms with E-state index < -0.39 is 5.60 Å². The highest BCUT2D eigenvalue weighted by molar-refractivity contribution is 5.03. The highest BCUT2D eigenvalue weighted by Crippen LogP contribution is 2.27. The lowest BCUT2D eigenvalue weighted by Gasteiger charge is -2.33. The normalized spacial score (nSPS) is 20.9. The summed E-state index contributed by atoms with van der Waals surface area (Å²) in [5, 5.41) is 10.2. The zero-order valence-corrected chi connectivity index (χ0v) is 11.9. The maximum atomic E-state index is 11.6. The molecule has 19 heavy (non-hydrogen) atoms. The minimum atomic E-state index is -0.723. The van der Waals surface area contributed by atoms with E-state index in [9.17, 15) is 9.90 Å². The van der Waals surface area contributed by atoms with Gasteiger partial charge in [-0.2, -0.15) is 0 Å². The van der Waals surface area contributed by atoms with Gasteiger partial charge in [-0.1, -0.05) is 6.92 Å². The van der Waals surface area contributed by atoms with E-state index in [0.29, 0.717) is 12.4 Å². The van der Waals surface area contributed by atoms with E-state index in [4.69, 9.17) is 0 Å². The van der Waals surface area contributed by atoms with E-state index in [-0.39, 0.29) is 11.6 Å². The number of nitrogens with one attached hydrogen (secondary N) is 1. The van der Waals surface area contributed by atoms with Gasteiger partial charge in [0.2, 0.25) is 0 Å². The van der Waals surface area contributed by atoms with Crippen molar-refractivity contribution in [3.63, 3.8) is 0 Å². The van der Waals surface area contributed by atoms with Crippen LogP contribution in [0.5, 0.6) is 0 Å². The number of H-pyrrole nitrogens is 1. The summed E-state index contributed by atoms with van der Waals surface area (Å²) in [5.41, 5.74) is -0.00212. The monoisotopic (exact) mass is 265 g/mol. The minimum absolute atomic E-state index is 0.0964. The van der Waals surface area contributed by atoms with E-state index in [1.54, 1.807) is 6.07 Å². The maximum absolute atomic E-state index is 11.6. The second kappa shape index (κ2) is 5.43. The van der Waals surface area contributed by atoms with Gasteiger partial charge in [-0.3, -0.25) is 9.69 Å². The molecule has 1 aromatic rings. The van der Waals surface area contributed by atoms with Crippen molar-refractivity contribution in [2.75, 3.05) is 6.54 Å². The summed E-state index contributed by atoms with van der Waals surface area (Å²) in [6, 6.07) is 1.67. The lowest BCUT2D eigenvalue weighted by atomic mass is 9.97. The Morgan fingerprint density at radius 3 is 2.95 bits per heavy atom. The van der Waals surface area contributed by atoms with Crippen LogP contribution in [-0.2, 0) is 13.0 Å². The third-order valence-electron chi connectivity index (χ3n) is 3.74. The van der Waals surface area contributed by atoms with Gasteiger partial charge in [-0.05, 0) is 39.7 Å². The average Bonchev–Trinajstić information content (AvgIpc) is 2.76. The minimum Gasteiger partial charge on any atom is -0.389 e. The van der Waals surface area contributed by atoms with Crippen LogP contribution < -0.4 is 5.56 Å². The molecule has 2 N–H and O–H groups in total. The summed E-state index contributed by atoms with van der Waals surface area (Å²) in [7, 11) is 0. The van der Waals surface area contributed by atoms with Gasteiger partial charge in [0, 0.05) is 17.8 Å². The van der Waals surface area contributed by atoms with Crippen LogP contribution in [-0.4, -0.2) is 38.2 Å². The van der Waals surface area contributed by atoms with Crippen molar-refractivity contribution in [3.05, 3.63) is 27.9 Å². The number of aryl methyl sites for hydroxylation is 1. The number of nitrogens with zero attached hydrogens (tertiary/aromatic N) is 2. The Labute approximate surface area is 113 Å². The summed E-state index contributed by atoms with van der Waals surface area (Å²) in [6.45, 7) is 7.21. The summed E-state index contributed by atoms with van der Waals surface area (Å²) >= 11 is 0. The fourth-order valence-electron chi connectivity index (χ4n) is 2.83. The molecule has 1 aliphatic rings. The van der Waals surface area contributed by atoms with Gasteiger partial charge in [0.1, 0.15) is 5.82 Å². The molecule has 1 aromatic heterocycles. The van der Waals surface area contributed by atoms with E-state index >= 15 is 0 Å². The highest BCUT2D eigenvalue weighted by Gasteiger charge is 2.35. The van der Waals surface area contributed by atoms with Crippen molar-refractivity contribution in [3.8, 4) is 0 Å². The Morgan fingerprint density at radius 2 is 2.32 bits per heavy atom. The van der Waals surface area contributed by atoms with Crippen LogP contribution in [0.2, 0.25) is 0 Å². The Bertz CT molecular complexity index is 490. The topological polar surface area (TPSA) is 69.2 Å². The first-order chi connectivity index (χ1) is 8.90. The molecule has 106 valence electrons. The van der Waals surface area contributed by atoms with Gasteiger partial charge in [-0.15, -0.1) is 0 Å². The van der Waals surface area contributed by atoms with Crippen LogP contribution in [0.1, 0.15) is 45.1 Å². The average molecular weight is 265 g/mol. The molecule has 0 radical (unpaired) electrons. The van der Waals surface area contributed by atoms with Crippen LogP contribution in [0, 0.1) is 0 Å². The van der Waals surface area contributed by atoms with Gasteiger partial charge in [0.05, 0.1) is 12.1 Å². The van der Waals surface area contributed by atoms with Crippen molar-refractivity contribution in [1.29, 1.82) is 0 Å². The SMILES string of the molecule is CCc1cc(=O)[nH]c(CN2CCCC2C(C)(C)O)n1. The molecule has 0 spiro atoms. The molecule has 2 heterocycles. The fourth-order valence-corrected chi connectivity index (χ4v) is 2.83. The largest absolute Gasteiger partial charge is 0.389 e. The summed E-state index contributed by atoms with van der Waals surface area (Å²) in [4.78, 5) is 21.0. The van der Waals surface area contributed by atoms with E-state index in [2.05, 4.69) is 14.9 Å². The molecule has 0 amide bonds. The standard InChI is InChI=1S/C14H23N3O2/c1-4-10-8-13(18)16-12(15-10)9-17-7-5-6-11(17)14(2,3)19/h8,11,19H,4-7,9H2,1-3H3,(H,15,16,18). The zero-order valence-electron chi connectivity index (χ0n) is 11.9. The summed E-state index contributed by atoms with van der Waals surface area (Å²) in [6.07, 6.45) is 2.82. The van der Waals surface area contributed by atoms with E-state index in [1.165, 1.54) is 0 Å². The number of likely N-dealkylation sites (tertiary alicyclic amines) is 1. The second-order valence-corrected chi connectivity index (χ2v) is 5.82. The maximum Gasteiger partial charge on any atom is 0.251 e. The van der Waals surface area contributed by atoms with Crippen LogP contribution in [0.25, 0.3) is 0 Å². The number of aliphatic hydroxyl groups is 1. The number of hydrogen-bond acceptors (Lipinski definition) is 4. The fraction of sp³-hybridized carbons (Fsp3) is 0.714. The lowest BCUT2D eigenvalue weighted by Crippen LogP contribution is -2.45. The molecular formula is C14H23N3O2. The molecule has 5 heteroatoms. The Kier molecular flexibility index (Phi) is 4.06. The first-order valence-electron chi connectivity index (χ1n) is 6.95. The van der Waals surface area contributed by atoms with Crippen molar-refractivity contribution in [1.82, 2.24) is 14.9 Å². The number of hydrogen-bond donors (Lipinski definition) is 2. The second-order valence-electron chi connectivity index (χ2n) is 5.82. The molecule has 0 aromatic carbocycles. The molecular weight excluding hydrogens is 242 g/mol. The smallest absolute Gasteiger partial charge is 0.251 e. The van der Waals surface area contributed by atoms with Crippen LogP contribution >= 0.6 is 0 Å². The number of aromatic nitrogens is 2. The molecule has 1 saturated heterocycles. The van der Waals surface area contributed by atoms with Crippen LogP contribution in [0.3, 0.4) is 0 Å². The van der Waals surface area contributed by atoms with Crippen LogP contribution in [0.4, 0.5) is 0 Å². The highest BCUT2D eigenvalue weighted by atomic mass is 16.3. The van der Waals surface area contributed by atoms with Crippen molar-refractivity contribution < 1.29 is 5.11 Å². The first-order valence-corrected chi connectivity index (χ1v) is 6.95.